The van der Waals surface area contributed by atoms with E-state index in [1.807, 2.05) is 0 Å². The monoisotopic (exact) mass is 343 g/mol. The largest absolute Gasteiger partial charge is 0.394 e. The summed E-state index contributed by atoms with van der Waals surface area (Å²) in [6.07, 6.45) is 0. The molecule has 0 spiro atoms. The van der Waals surface area contributed by atoms with Crippen LogP contribution in [-0.4, -0.2) is 31.5 Å². The van der Waals surface area contributed by atoms with Crippen LogP contribution in [0.4, 0.5) is 0 Å². The molecular formula is C20H22ClNO2. The summed E-state index contributed by atoms with van der Waals surface area (Å²) in [6, 6.07) is 16.9. The molecule has 3 aromatic rings. The quantitative estimate of drug-likeness (QED) is 0.371. The lowest BCUT2D eigenvalue weighted by Gasteiger charge is -2.16. The van der Waals surface area contributed by atoms with Crippen LogP contribution < -0.4 is 5.32 Å². The molecule has 3 rings (SSSR count). The lowest BCUT2D eigenvalue weighted by molar-refractivity contribution is 0.0938. The predicted octanol–water partition coefficient (Wildman–Crippen LogP) is 3.83. The van der Waals surface area contributed by atoms with Crippen LogP contribution in [0, 0.1) is 0 Å². The summed E-state index contributed by atoms with van der Waals surface area (Å²) < 4.78 is 5.30. The number of alkyl halides is 1. The van der Waals surface area contributed by atoms with Gasteiger partial charge in [-0.05, 0) is 32.7 Å². The SMILES string of the molecule is OCCOCCNCc1c2ccccc2c(CCl)c2ccccc12. The van der Waals surface area contributed by atoms with Crippen molar-refractivity contribution in [2.24, 2.45) is 0 Å². The van der Waals surface area contributed by atoms with E-state index in [0.29, 0.717) is 19.1 Å². The third-order valence-corrected chi connectivity index (χ3v) is 4.52. The second-order valence-electron chi connectivity index (χ2n) is 5.69. The Hall–Kier alpha value is -1.65. The van der Waals surface area contributed by atoms with Gasteiger partial charge in [0.15, 0.2) is 0 Å². The molecule has 0 saturated heterocycles. The van der Waals surface area contributed by atoms with Crippen LogP contribution in [0.3, 0.4) is 0 Å². The van der Waals surface area contributed by atoms with Crippen LogP contribution in [0.1, 0.15) is 11.1 Å². The molecule has 0 heterocycles. The maximum absolute atomic E-state index is 8.73. The number of nitrogens with one attached hydrogen (secondary N) is 1. The van der Waals surface area contributed by atoms with E-state index in [2.05, 4.69) is 53.8 Å². The molecule has 3 aromatic carbocycles. The minimum Gasteiger partial charge on any atom is -0.394 e. The van der Waals surface area contributed by atoms with E-state index >= 15 is 0 Å². The van der Waals surface area contributed by atoms with Crippen molar-refractivity contribution in [2.45, 2.75) is 12.4 Å². The predicted molar refractivity (Wildman–Crippen MR) is 101 cm³/mol. The van der Waals surface area contributed by atoms with E-state index in [-0.39, 0.29) is 6.61 Å². The van der Waals surface area contributed by atoms with Crippen molar-refractivity contribution in [3.63, 3.8) is 0 Å². The van der Waals surface area contributed by atoms with E-state index in [1.54, 1.807) is 0 Å². The number of benzene rings is 3. The van der Waals surface area contributed by atoms with Crippen LogP contribution >= 0.6 is 11.6 Å². The summed E-state index contributed by atoms with van der Waals surface area (Å²) in [5, 5.41) is 17.1. The third-order valence-electron chi connectivity index (χ3n) is 4.25. The number of hydrogen-bond donors (Lipinski definition) is 2. The molecule has 3 nitrogen and oxygen atoms in total. The molecule has 0 unspecified atom stereocenters. The standard InChI is InChI=1S/C20H22ClNO2/c21-13-19-15-5-1-3-7-17(15)20(14-22-9-11-24-12-10-23)18-8-4-2-6-16(18)19/h1-8,22-23H,9-14H2. The van der Waals surface area contributed by atoms with E-state index in [4.69, 9.17) is 21.4 Å². The van der Waals surface area contributed by atoms with E-state index in [1.165, 1.54) is 32.7 Å². The van der Waals surface area contributed by atoms with Gasteiger partial charge in [-0.25, -0.2) is 0 Å². The fourth-order valence-electron chi connectivity index (χ4n) is 3.17. The Morgan fingerprint density at radius 2 is 1.38 bits per heavy atom. The number of aliphatic hydroxyl groups excluding tert-OH is 1. The summed E-state index contributed by atoms with van der Waals surface area (Å²) in [6.45, 7) is 2.56. The van der Waals surface area contributed by atoms with Crippen LogP contribution in [0.5, 0.6) is 0 Å². The van der Waals surface area contributed by atoms with Gasteiger partial charge in [0, 0.05) is 19.0 Å². The Morgan fingerprint density at radius 3 is 1.88 bits per heavy atom. The highest BCUT2D eigenvalue weighted by atomic mass is 35.5. The lowest BCUT2D eigenvalue weighted by atomic mass is 9.92. The van der Waals surface area contributed by atoms with Gasteiger partial charge >= 0.3 is 0 Å². The first-order chi connectivity index (χ1) is 11.9. The molecule has 0 amide bonds. The topological polar surface area (TPSA) is 41.5 Å². The zero-order chi connectivity index (χ0) is 16.8. The summed E-state index contributed by atoms with van der Waals surface area (Å²) >= 11 is 6.26. The van der Waals surface area contributed by atoms with Gasteiger partial charge in [0.05, 0.1) is 19.8 Å². The molecule has 126 valence electrons. The van der Waals surface area contributed by atoms with E-state index in [0.717, 1.165) is 13.1 Å². The summed E-state index contributed by atoms with van der Waals surface area (Å²) in [4.78, 5) is 0. The Bertz CT molecular complexity index is 762. The minimum absolute atomic E-state index is 0.0646. The first-order valence-corrected chi connectivity index (χ1v) is 8.76. The van der Waals surface area contributed by atoms with Crippen molar-refractivity contribution in [3.05, 3.63) is 59.7 Å². The summed E-state index contributed by atoms with van der Waals surface area (Å²) in [7, 11) is 0. The zero-order valence-electron chi connectivity index (χ0n) is 13.6. The smallest absolute Gasteiger partial charge is 0.0698 e. The first-order valence-electron chi connectivity index (χ1n) is 8.23. The molecule has 2 N–H and O–H groups in total. The molecule has 0 bridgehead atoms. The fraction of sp³-hybridized carbons (Fsp3) is 0.300. The molecule has 0 atom stereocenters. The molecule has 0 fully saturated rings. The minimum atomic E-state index is 0.0646. The number of halogens is 1. The average molecular weight is 344 g/mol. The van der Waals surface area contributed by atoms with Gasteiger partial charge in [-0.3, -0.25) is 0 Å². The first kappa shape index (κ1) is 17.2. The highest BCUT2D eigenvalue weighted by Gasteiger charge is 2.12. The number of ether oxygens (including phenoxy) is 1. The van der Waals surface area contributed by atoms with Gasteiger partial charge in [-0.15, -0.1) is 11.6 Å². The molecule has 0 aromatic heterocycles. The summed E-state index contributed by atoms with van der Waals surface area (Å²) in [5.74, 6) is 0.504. The molecular weight excluding hydrogens is 322 g/mol. The normalized spacial score (nSPS) is 11.4. The van der Waals surface area contributed by atoms with Gasteiger partial charge < -0.3 is 15.2 Å². The van der Waals surface area contributed by atoms with Crippen LogP contribution in [0.2, 0.25) is 0 Å². The highest BCUT2D eigenvalue weighted by molar-refractivity contribution is 6.20. The van der Waals surface area contributed by atoms with Gasteiger partial charge in [0.25, 0.3) is 0 Å². The Kier molecular flexibility index (Phi) is 6.05. The Balaban J connectivity index is 1.95. The van der Waals surface area contributed by atoms with Gasteiger partial charge in [0.1, 0.15) is 0 Å². The molecule has 0 aliphatic carbocycles. The fourth-order valence-corrected chi connectivity index (χ4v) is 3.46. The van der Waals surface area contributed by atoms with Crippen molar-refractivity contribution < 1.29 is 9.84 Å². The Morgan fingerprint density at radius 1 is 0.833 bits per heavy atom. The van der Waals surface area contributed by atoms with Crippen molar-refractivity contribution in [2.75, 3.05) is 26.4 Å². The van der Waals surface area contributed by atoms with Crippen molar-refractivity contribution in [1.82, 2.24) is 5.32 Å². The lowest BCUT2D eigenvalue weighted by Crippen LogP contribution is -2.20. The molecule has 0 aliphatic rings. The van der Waals surface area contributed by atoms with E-state index < -0.39 is 0 Å². The third kappa shape index (κ3) is 3.55. The highest BCUT2D eigenvalue weighted by Crippen LogP contribution is 2.33. The average Bonchev–Trinajstić information content (AvgIpc) is 2.63. The van der Waals surface area contributed by atoms with Crippen LogP contribution in [0.25, 0.3) is 21.5 Å². The van der Waals surface area contributed by atoms with Crippen molar-refractivity contribution >= 4 is 33.1 Å². The molecule has 0 radical (unpaired) electrons. The number of hydrogen-bond acceptors (Lipinski definition) is 3. The number of fused-ring (bicyclic) bond motifs is 2. The molecule has 4 heteroatoms. The summed E-state index contributed by atoms with van der Waals surface area (Å²) in [5.41, 5.74) is 2.48. The zero-order valence-corrected chi connectivity index (χ0v) is 14.4. The van der Waals surface area contributed by atoms with E-state index in [9.17, 15) is 0 Å². The molecule has 0 saturated carbocycles. The molecule has 0 aliphatic heterocycles. The second-order valence-corrected chi connectivity index (χ2v) is 5.96. The van der Waals surface area contributed by atoms with Gasteiger partial charge in [0.2, 0.25) is 0 Å². The van der Waals surface area contributed by atoms with Crippen LogP contribution in [0.15, 0.2) is 48.5 Å². The van der Waals surface area contributed by atoms with Crippen LogP contribution in [-0.2, 0) is 17.2 Å². The maximum atomic E-state index is 8.73. The second kappa shape index (κ2) is 8.45. The van der Waals surface area contributed by atoms with Crippen molar-refractivity contribution in [1.29, 1.82) is 0 Å². The maximum Gasteiger partial charge on any atom is 0.0698 e. The number of aliphatic hydroxyl groups is 1. The molecule has 24 heavy (non-hydrogen) atoms. The van der Waals surface area contributed by atoms with Crippen molar-refractivity contribution in [3.8, 4) is 0 Å². The number of rotatable bonds is 8. The van der Waals surface area contributed by atoms with Gasteiger partial charge in [-0.2, -0.15) is 0 Å². The van der Waals surface area contributed by atoms with Gasteiger partial charge in [-0.1, -0.05) is 48.5 Å². The Labute approximate surface area is 147 Å².